The lowest BCUT2D eigenvalue weighted by molar-refractivity contribution is 0.366. The van der Waals surface area contributed by atoms with Crippen LogP contribution in [0.1, 0.15) is 37.1 Å². The molecule has 1 saturated carbocycles. The first kappa shape index (κ1) is 15.0. The number of aromatic amines is 1. The van der Waals surface area contributed by atoms with Gasteiger partial charge in [0, 0.05) is 11.4 Å². The Labute approximate surface area is 122 Å². The maximum absolute atomic E-state index is 12.3. The second-order valence-corrected chi connectivity index (χ2v) is 8.23. The van der Waals surface area contributed by atoms with Crippen molar-refractivity contribution in [3.8, 4) is 0 Å². The highest BCUT2D eigenvalue weighted by Crippen LogP contribution is 2.28. The summed E-state index contributed by atoms with van der Waals surface area (Å²) in [5.41, 5.74) is 1.11. The van der Waals surface area contributed by atoms with Crippen LogP contribution in [0.2, 0.25) is 0 Å². The molecule has 2 rings (SSSR count). The van der Waals surface area contributed by atoms with Crippen LogP contribution in [-0.4, -0.2) is 30.0 Å². The molecule has 0 atom stereocenters. The van der Waals surface area contributed by atoms with E-state index >= 15 is 0 Å². The Hall–Kier alpha value is -0.400. The predicted octanol–water partition coefficient (Wildman–Crippen LogP) is 2.26. The van der Waals surface area contributed by atoms with Crippen molar-refractivity contribution in [3.05, 3.63) is 11.4 Å². The monoisotopic (exact) mass is 349 g/mol. The lowest BCUT2D eigenvalue weighted by Gasteiger charge is -2.25. The SMILES string of the molecule is Cc1n[nH]c(C)c1S(=O)(=O)NCC1CCC(Br)CC1. The molecular formula is C12H20BrN3O2S. The van der Waals surface area contributed by atoms with E-state index in [9.17, 15) is 8.42 Å². The fourth-order valence-corrected chi connectivity index (χ4v) is 4.57. The van der Waals surface area contributed by atoms with Gasteiger partial charge in [-0.3, -0.25) is 5.10 Å². The third kappa shape index (κ3) is 3.58. The van der Waals surface area contributed by atoms with Crippen LogP contribution < -0.4 is 4.72 Å². The van der Waals surface area contributed by atoms with Gasteiger partial charge in [0.2, 0.25) is 10.0 Å². The molecule has 7 heteroatoms. The van der Waals surface area contributed by atoms with E-state index in [0.29, 0.717) is 33.6 Å². The zero-order valence-electron chi connectivity index (χ0n) is 11.2. The summed E-state index contributed by atoms with van der Waals surface area (Å²) in [4.78, 5) is 0.889. The number of aromatic nitrogens is 2. The first-order valence-electron chi connectivity index (χ1n) is 6.55. The Bertz CT molecular complexity index is 514. The van der Waals surface area contributed by atoms with Gasteiger partial charge >= 0.3 is 0 Å². The van der Waals surface area contributed by atoms with Gasteiger partial charge < -0.3 is 0 Å². The molecule has 0 unspecified atom stereocenters. The number of nitrogens with zero attached hydrogens (tertiary/aromatic N) is 1. The van der Waals surface area contributed by atoms with Crippen molar-refractivity contribution >= 4 is 26.0 Å². The summed E-state index contributed by atoms with van der Waals surface area (Å²) in [5, 5.41) is 6.65. The van der Waals surface area contributed by atoms with Crippen molar-refractivity contribution in [2.24, 2.45) is 5.92 Å². The molecule has 1 fully saturated rings. The highest BCUT2D eigenvalue weighted by Gasteiger charge is 2.25. The average molecular weight is 350 g/mol. The molecular weight excluding hydrogens is 330 g/mol. The number of sulfonamides is 1. The third-order valence-corrected chi connectivity index (χ3v) is 6.27. The highest BCUT2D eigenvalue weighted by atomic mass is 79.9. The molecule has 0 amide bonds. The Kier molecular flexibility index (Phi) is 4.68. The van der Waals surface area contributed by atoms with Crippen LogP contribution in [0, 0.1) is 19.8 Å². The maximum atomic E-state index is 12.3. The van der Waals surface area contributed by atoms with Gasteiger partial charge in [-0.05, 0) is 45.4 Å². The van der Waals surface area contributed by atoms with E-state index in [1.807, 2.05) is 0 Å². The second kappa shape index (κ2) is 5.93. The molecule has 1 aliphatic rings. The predicted molar refractivity (Wildman–Crippen MR) is 77.9 cm³/mol. The molecule has 0 spiro atoms. The van der Waals surface area contributed by atoms with E-state index < -0.39 is 10.0 Å². The minimum absolute atomic E-state index is 0.293. The van der Waals surface area contributed by atoms with Crippen LogP contribution in [0.15, 0.2) is 4.90 Å². The summed E-state index contributed by atoms with van der Waals surface area (Å²) < 4.78 is 27.2. The molecule has 0 saturated heterocycles. The summed E-state index contributed by atoms with van der Waals surface area (Å²) in [5.74, 6) is 0.441. The zero-order chi connectivity index (χ0) is 14.0. The molecule has 0 aromatic carbocycles. The van der Waals surface area contributed by atoms with Crippen LogP contribution in [0.5, 0.6) is 0 Å². The van der Waals surface area contributed by atoms with Gasteiger partial charge in [-0.2, -0.15) is 5.10 Å². The number of hydrogen-bond donors (Lipinski definition) is 2. The number of nitrogens with one attached hydrogen (secondary N) is 2. The minimum atomic E-state index is -3.45. The quantitative estimate of drug-likeness (QED) is 0.818. The Morgan fingerprint density at radius 3 is 2.47 bits per heavy atom. The molecule has 108 valence electrons. The third-order valence-electron chi connectivity index (χ3n) is 3.67. The van der Waals surface area contributed by atoms with E-state index in [2.05, 4.69) is 30.8 Å². The van der Waals surface area contributed by atoms with Crippen molar-refractivity contribution < 1.29 is 8.42 Å². The van der Waals surface area contributed by atoms with Crippen LogP contribution in [0.25, 0.3) is 0 Å². The lowest BCUT2D eigenvalue weighted by atomic mass is 9.89. The van der Waals surface area contributed by atoms with Crippen LogP contribution in [-0.2, 0) is 10.0 Å². The number of hydrogen-bond acceptors (Lipinski definition) is 3. The molecule has 0 aliphatic heterocycles. The van der Waals surface area contributed by atoms with E-state index in [-0.39, 0.29) is 0 Å². The summed E-state index contributed by atoms with van der Waals surface area (Å²) in [6, 6.07) is 0. The van der Waals surface area contributed by atoms with Crippen molar-refractivity contribution in [1.29, 1.82) is 0 Å². The van der Waals surface area contributed by atoms with Crippen molar-refractivity contribution in [3.63, 3.8) is 0 Å². The smallest absolute Gasteiger partial charge is 0.244 e. The van der Waals surface area contributed by atoms with Crippen LogP contribution in [0.3, 0.4) is 0 Å². The van der Waals surface area contributed by atoms with Crippen LogP contribution in [0.4, 0.5) is 0 Å². The van der Waals surface area contributed by atoms with E-state index in [0.717, 1.165) is 25.7 Å². The fourth-order valence-electron chi connectivity index (χ4n) is 2.56. The van der Waals surface area contributed by atoms with Gasteiger partial charge in [-0.25, -0.2) is 13.1 Å². The molecule has 19 heavy (non-hydrogen) atoms. The molecule has 1 aromatic heterocycles. The normalized spacial score (nSPS) is 24.6. The second-order valence-electron chi connectivity index (χ2n) is 5.23. The number of H-pyrrole nitrogens is 1. The number of aryl methyl sites for hydroxylation is 2. The summed E-state index contributed by atoms with van der Waals surface area (Å²) in [6.07, 6.45) is 4.38. The molecule has 2 N–H and O–H groups in total. The molecule has 1 heterocycles. The maximum Gasteiger partial charge on any atom is 0.244 e. The van der Waals surface area contributed by atoms with Gasteiger partial charge in [0.25, 0.3) is 0 Å². The summed E-state index contributed by atoms with van der Waals surface area (Å²) in [7, 11) is -3.45. The molecule has 0 bridgehead atoms. The van der Waals surface area contributed by atoms with E-state index in [4.69, 9.17) is 0 Å². The van der Waals surface area contributed by atoms with Crippen molar-refractivity contribution in [2.45, 2.75) is 49.3 Å². The Balaban J connectivity index is 1.99. The zero-order valence-corrected chi connectivity index (χ0v) is 13.6. The van der Waals surface area contributed by atoms with E-state index in [1.165, 1.54) is 0 Å². The summed E-state index contributed by atoms with van der Waals surface area (Å²) in [6.45, 7) is 3.95. The van der Waals surface area contributed by atoms with E-state index in [1.54, 1.807) is 13.8 Å². The topological polar surface area (TPSA) is 74.8 Å². The van der Waals surface area contributed by atoms with Crippen molar-refractivity contribution in [2.75, 3.05) is 6.54 Å². The minimum Gasteiger partial charge on any atom is -0.281 e. The Morgan fingerprint density at radius 1 is 1.32 bits per heavy atom. The van der Waals surface area contributed by atoms with Gasteiger partial charge in [0.1, 0.15) is 4.90 Å². The largest absolute Gasteiger partial charge is 0.281 e. The number of alkyl halides is 1. The molecule has 5 nitrogen and oxygen atoms in total. The van der Waals surface area contributed by atoms with Gasteiger partial charge in [0.15, 0.2) is 0 Å². The lowest BCUT2D eigenvalue weighted by Crippen LogP contribution is -2.32. The first-order chi connectivity index (χ1) is 8.90. The first-order valence-corrected chi connectivity index (χ1v) is 8.95. The standard InChI is InChI=1S/C12H20BrN3O2S/c1-8-12(9(2)16-15-8)19(17,18)14-7-10-3-5-11(13)6-4-10/h10-11,14H,3-7H2,1-2H3,(H,15,16). The average Bonchev–Trinajstić information content (AvgIpc) is 2.69. The Morgan fingerprint density at radius 2 is 1.95 bits per heavy atom. The number of halogens is 1. The summed E-state index contributed by atoms with van der Waals surface area (Å²) >= 11 is 3.61. The fraction of sp³-hybridized carbons (Fsp3) is 0.750. The van der Waals surface area contributed by atoms with Gasteiger partial charge in [-0.1, -0.05) is 15.9 Å². The van der Waals surface area contributed by atoms with Gasteiger partial charge in [-0.15, -0.1) is 0 Å². The van der Waals surface area contributed by atoms with Crippen LogP contribution >= 0.6 is 15.9 Å². The van der Waals surface area contributed by atoms with Crippen molar-refractivity contribution in [1.82, 2.24) is 14.9 Å². The molecule has 0 radical (unpaired) electrons. The highest BCUT2D eigenvalue weighted by molar-refractivity contribution is 9.09. The molecule has 1 aromatic rings. The van der Waals surface area contributed by atoms with Gasteiger partial charge in [0.05, 0.1) is 11.4 Å². The molecule has 1 aliphatic carbocycles. The number of rotatable bonds is 4.